The van der Waals surface area contributed by atoms with Crippen molar-refractivity contribution in [3.05, 3.63) is 107 Å². The molecule has 5 nitrogen and oxygen atoms in total. The van der Waals surface area contributed by atoms with Gasteiger partial charge in [-0.2, -0.15) is 4.98 Å². The molecule has 1 atom stereocenters. The smallest absolute Gasteiger partial charge is 0.258 e. The largest absolute Gasteiger partial charge is 0.351 e. The minimum absolute atomic E-state index is 0.249. The van der Waals surface area contributed by atoms with E-state index in [1.54, 1.807) is 41.3 Å². The molecule has 0 fully saturated rings. The molecule has 9 heteroatoms. The van der Waals surface area contributed by atoms with Crippen molar-refractivity contribution in [2.75, 3.05) is 4.90 Å². The van der Waals surface area contributed by atoms with E-state index in [1.807, 2.05) is 19.1 Å². The summed E-state index contributed by atoms with van der Waals surface area (Å²) in [5, 5.41) is 8.43. The van der Waals surface area contributed by atoms with Crippen molar-refractivity contribution in [1.29, 1.82) is 0 Å². The lowest BCUT2D eigenvalue weighted by Crippen LogP contribution is -2.46. The second-order valence-corrected chi connectivity index (χ2v) is 8.50. The van der Waals surface area contributed by atoms with Gasteiger partial charge in [0.25, 0.3) is 5.89 Å². The Labute approximate surface area is 204 Å². The summed E-state index contributed by atoms with van der Waals surface area (Å²) in [6.07, 6.45) is 0. The number of benzene rings is 3. The Kier molecular flexibility index (Phi) is 5.85. The number of anilines is 1. The molecule has 1 aliphatic rings. The number of aromatic nitrogens is 2. The summed E-state index contributed by atoms with van der Waals surface area (Å²) in [5.41, 5.74) is 3.45. The van der Waals surface area contributed by atoms with E-state index in [0.29, 0.717) is 27.0 Å². The van der Waals surface area contributed by atoms with E-state index in [9.17, 15) is 8.78 Å². The topological polar surface area (TPSA) is 54.2 Å². The highest BCUT2D eigenvalue weighted by molar-refractivity contribution is 7.80. The Balaban J connectivity index is 1.65. The fourth-order valence-electron chi connectivity index (χ4n) is 3.90. The Morgan fingerprint density at radius 1 is 1.00 bits per heavy atom. The number of halogens is 3. The van der Waals surface area contributed by atoms with Crippen molar-refractivity contribution < 1.29 is 13.3 Å². The van der Waals surface area contributed by atoms with Gasteiger partial charge in [-0.25, -0.2) is 8.78 Å². The van der Waals surface area contributed by atoms with Crippen molar-refractivity contribution in [2.24, 2.45) is 0 Å². The first-order valence-corrected chi connectivity index (χ1v) is 11.1. The van der Waals surface area contributed by atoms with Crippen LogP contribution in [0.4, 0.5) is 14.5 Å². The molecule has 5 rings (SSSR count). The van der Waals surface area contributed by atoms with Gasteiger partial charge in [0.05, 0.1) is 11.6 Å². The fourth-order valence-corrected chi connectivity index (χ4v) is 4.39. The number of nitrogens with zero attached hydrogens (tertiary/aromatic N) is 3. The molecule has 4 aromatic rings. The zero-order chi connectivity index (χ0) is 23.8. The maximum absolute atomic E-state index is 13.7. The average Bonchev–Trinajstić information content (AvgIpc) is 3.30. The van der Waals surface area contributed by atoms with Gasteiger partial charge in [0.2, 0.25) is 5.82 Å². The number of thiocarbonyl (C=S) groups is 1. The van der Waals surface area contributed by atoms with Crippen LogP contribution in [0.5, 0.6) is 0 Å². The van der Waals surface area contributed by atoms with E-state index in [-0.39, 0.29) is 17.5 Å². The number of hydrogen-bond acceptors (Lipinski definition) is 4. The van der Waals surface area contributed by atoms with Gasteiger partial charge in [-0.1, -0.05) is 41.0 Å². The van der Waals surface area contributed by atoms with E-state index >= 15 is 0 Å². The van der Waals surface area contributed by atoms with Crippen LogP contribution in [-0.4, -0.2) is 15.3 Å². The first-order valence-electron chi connectivity index (χ1n) is 10.3. The van der Waals surface area contributed by atoms with Crippen LogP contribution in [0.25, 0.3) is 17.0 Å². The van der Waals surface area contributed by atoms with Gasteiger partial charge >= 0.3 is 0 Å². The summed E-state index contributed by atoms with van der Waals surface area (Å²) in [6.45, 7) is 1.88. The van der Waals surface area contributed by atoms with Gasteiger partial charge in [0, 0.05) is 22.0 Å². The normalized spacial score (nSPS) is 16.1. The minimum Gasteiger partial charge on any atom is -0.351 e. The zero-order valence-corrected chi connectivity index (χ0v) is 19.4. The lowest BCUT2D eigenvalue weighted by Gasteiger charge is -2.37. The third kappa shape index (κ3) is 4.18. The molecular formula is C25H17ClF2N4OS. The summed E-state index contributed by atoms with van der Waals surface area (Å²) >= 11 is 11.8. The van der Waals surface area contributed by atoms with Crippen LogP contribution in [0.1, 0.15) is 24.4 Å². The van der Waals surface area contributed by atoms with Crippen molar-refractivity contribution in [3.8, 4) is 11.4 Å². The molecule has 3 aromatic carbocycles. The molecule has 1 aliphatic heterocycles. The molecule has 1 aromatic heterocycles. The summed E-state index contributed by atoms with van der Waals surface area (Å²) in [4.78, 5) is 6.34. The molecule has 0 saturated carbocycles. The fraction of sp³-hybridized carbons (Fsp3) is 0.0800. The molecule has 0 saturated heterocycles. The third-order valence-corrected chi connectivity index (χ3v) is 6.06. The Bertz CT molecular complexity index is 1400. The van der Waals surface area contributed by atoms with Crippen LogP contribution in [0.15, 0.2) is 83.0 Å². The lowest BCUT2D eigenvalue weighted by molar-refractivity contribution is 0.404. The maximum atomic E-state index is 13.7. The zero-order valence-electron chi connectivity index (χ0n) is 17.8. The van der Waals surface area contributed by atoms with Crippen molar-refractivity contribution in [1.82, 2.24) is 15.5 Å². The van der Waals surface area contributed by atoms with Crippen LogP contribution in [0.3, 0.4) is 0 Å². The monoisotopic (exact) mass is 494 g/mol. The first-order chi connectivity index (χ1) is 16.4. The molecule has 34 heavy (non-hydrogen) atoms. The molecule has 0 amide bonds. The summed E-state index contributed by atoms with van der Waals surface area (Å²) < 4.78 is 32.9. The number of rotatable bonds is 4. The van der Waals surface area contributed by atoms with E-state index in [2.05, 4.69) is 15.5 Å². The van der Waals surface area contributed by atoms with E-state index in [4.69, 9.17) is 28.3 Å². The van der Waals surface area contributed by atoms with Gasteiger partial charge < -0.3 is 9.84 Å². The molecule has 0 aliphatic carbocycles. The molecular weight excluding hydrogens is 478 g/mol. The second kappa shape index (κ2) is 8.96. The molecule has 0 bridgehead atoms. The van der Waals surface area contributed by atoms with Crippen LogP contribution in [0.2, 0.25) is 5.02 Å². The van der Waals surface area contributed by atoms with Gasteiger partial charge in [0.15, 0.2) is 5.11 Å². The first kappa shape index (κ1) is 22.2. The third-order valence-electron chi connectivity index (χ3n) is 5.51. The van der Waals surface area contributed by atoms with E-state index < -0.39 is 11.9 Å². The molecule has 0 radical (unpaired) electrons. The molecule has 1 N–H and O–H groups in total. The highest BCUT2D eigenvalue weighted by Crippen LogP contribution is 2.39. The minimum atomic E-state index is -0.415. The van der Waals surface area contributed by atoms with Crippen molar-refractivity contribution in [3.63, 3.8) is 0 Å². The van der Waals surface area contributed by atoms with Gasteiger partial charge in [-0.05, 0) is 73.2 Å². The number of hydrogen-bond donors (Lipinski definition) is 1. The van der Waals surface area contributed by atoms with Crippen molar-refractivity contribution in [2.45, 2.75) is 13.0 Å². The number of allylic oxidation sites excluding steroid dienone is 1. The van der Waals surface area contributed by atoms with Gasteiger partial charge in [-0.15, -0.1) is 0 Å². The standard InChI is InChI=1S/C25H17ClF2N4OS/c1-14-21(24-30-23(31-33-24)16-3-2-4-19(28)13-16)22(15-5-7-17(26)8-6-15)29-25(34)32(14)20-11-9-18(27)10-12-20/h2-13,22H,1H3,(H,29,34). The van der Waals surface area contributed by atoms with Crippen LogP contribution in [-0.2, 0) is 0 Å². The quantitative estimate of drug-likeness (QED) is 0.325. The van der Waals surface area contributed by atoms with Crippen molar-refractivity contribution >= 4 is 40.2 Å². The molecule has 2 heterocycles. The highest BCUT2D eigenvalue weighted by atomic mass is 35.5. The molecule has 1 unspecified atom stereocenters. The Morgan fingerprint density at radius 2 is 1.74 bits per heavy atom. The van der Waals surface area contributed by atoms with Crippen LogP contribution < -0.4 is 10.2 Å². The summed E-state index contributed by atoms with van der Waals surface area (Å²) in [6, 6.07) is 18.9. The predicted molar refractivity (Wildman–Crippen MR) is 131 cm³/mol. The highest BCUT2D eigenvalue weighted by Gasteiger charge is 2.34. The Morgan fingerprint density at radius 3 is 2.44 bits per heavy atom. The Hall–Kier alpha value is -3.62. The maximum Gasteiger partial charge on any atom is 0.258 e. The number of nitrogens with one attached hydrogen (secondary N) is 1. The molecule has 170 valence electrons. The lowest BCUT2D eigenvalue weighted by atomic mass is 9.94. The van der Waals surface area contributed by atoms with Gasteiger partial charge in [-0.3, -0.25) is 4.90 Å². The SMILES string of the molecule is CC1=C(c2nc(-c3cccc(F)c3)no2)C(c2ccc(Cl)cc2)NC(=S)N1c1ccc(F)cc1. The molecule has 0 spiro atoms. The van der Waals surface area contributed by atoms with Crippen LogP contribution in [0, 0.1) is 11.6 Å². The van der Waals surface area contributed by atoms with E-state index in [1.165, 1.54) is 24.3 Å². The van der Waals surface area contributed by atoms with Gasteiger partial charge in [0.1, 0.15) is 11.6 Å². The summed E-state index contributed by atoms with van der Waals surface area (Å²) in [5.74, 6) is -0.243. The second-order valence-electron chi connectivity index (χ2n) is 7.68. The van der Waals surface area contributed by atoms with Crippen LogP contribution >= 0.6 is 23.8 Å². The van der Waals surface area contributed by atoms with E-state index in [0.717, 1.165) is 11.3 Å². The predicted octanol–water partition coefficient (Wildman–Crippen LogP) is 6.54. The average molecular weight is 495 g/mol. The summed E-state index contributed by atoms with van der Waals surface area (Å²) in [7, 11) is 0.